The Hall–Kier alpha value is -1.68. The van der Waals surface area contributed by atoms with Gasteiger partial charge in [0.25, 0.3) is 0 Å². The van der Waals surface area contributed by atoms with Gasteiger partial charge in [0.1, 0.15) is 5.82 Å². The monoisotopic (exact) mass is 384 g/mol. The number of benzene rings is 1. The number of allylic oxidation sites excluding steroid dienone is 1. The van der Waals surface area contributed by atoms with Gasteiger partial charge in [0.05, 0.1) is 0 Å². The van der Waals surface area contributed by atoms with Crippen molar-refractivity contribution in [3.63, 3.8) is 0 Å². The van der Waals surface area contributed by atoms with Gasteiger partial charge in [-0.1, -0.05) is 25.5 Å². The molecule has 1 amide bonds. The fraction of sp³-hybridized carbons (Fsp3) is 0.625. The predicted molar refractivity (Wildman–Crippen MR) is 112 cm³/mol. The molecule has 2 fully saturated rings. The van der Waals surface area contributed by atoms with Crippen molar-refractivity contribution in [3.05, 3.63) is 41.2 Å². The van der Waals surface area contributed by atoms with Crippen LogP contribution in [0.5, 0.6) is 0 Å². The summed E-state index contributed by atoms with van der Waals surface area (Å²) in [6, 6.07) is 4.94. The highest BCUT2D eigenvalue weighted by Gasteiger charge is 2.51. The zero-order chi connectivity index (χ0) is 19.7. The highest BCUT2D eigenvalue weighted by Crippen LogP contribution is 2.59. The van der Waals surface area contributed by atoms with Crippen LogP contribution in [0.3, 0.4) is 0 Å². The molecule has 1 saturated heterocycles. The summed E-state index contributed by atoms with van der Waals surface area (Å²) < 4.78 is 14.0. The molecule has 4 heteroatoms. The van der Waals surface area contributed by atoms with Crippen molar-refractivity contribution in [1.29, 1.82) is 0 Å². The number of piperidine rings is 1. The summed E-state index contributed by atoms with van der Waals surface area (Å²) in [5.74, 6) is 1.51. The lowest BCUT2D eigenvalue weighted by Gasteiger charge is -2.57. The number of hydrogen-bond acceptors (Lipinski definition) is 2. The number of carbonyl (C=O) groups is 1. The van der Waals surface area contributed by atoms with Crippen molar-refractivity contribution in [2.45, 2.75) is 51.9 Å². The first-order valence-electron chi connectivity index (χ1n) is 10.8. The van der Waals surface area contributed by atoms with Gasteiger partial charge in [0, 0.05) is 32.5 Å². The van der Waals surface area contributed by atoms with E-state index in [4.69, 9.17) is 0 Å². The Bertz CT molecular complexity index is 856. The van der Waals surface area contributed by atoms with Crippen molar-refractivity contribution in [2.75, 3.05) is 31.1 Å². The highest BCUT2D eigenvalue weighted by atomic mass is 19.1. The van der Waals surface area contributed by atoms with Gasteiger partial charge in [-0.05, 0) is 79.8 Å². The van der Waals surface area contributed by atoms with Crippen LogP contribution in [0.1, 0.15) is 53.4 Å². The van der Waals surface area contributed by atoms with Crippen LogP contribution in [-0.2, 0) is 10.2 Å². The van der Waals surface area contributed by atoms with Gasteiger partial charge in [0.15, 0.2) is 0 Å². The molecule has 1 spiro atoms. The number of anilines is 1. The van der Waals surface area contributed by atoms with E-state index in [0.717, 1.165) is 55.6 Å². The standard InChI is InChI=1S/C24H31FN2O.H2/c1-16(28)27-15-24(21-13-19(25)6-7-22(21)27)8-10-26(11-9-24)14-17-4-5-18-12-20(17)23(18,2)3;/h4,6-7,13,18,20H,5,8-12,14-15H2,1-3H3;1H/t18?,20-;/m0./s1. The molecular weight excluding hydrogens is 351 g/mol. The molecule has 1 unspecified atom stereocenters. The Labute approximate surface area is 169 Å². The van der Waals surface area contributed by atoms with Crippen molar-refractivity contribution in [3.8, 4) is 0 Å². The van der Waals surface area contributed by atoms with Crippen molar-refractivity contribution < 1.29 is 10.6 Å². The van der Waals surface area contributed by atoms with Gasteiger partial charge in [-0.25, -0.2) is 4.39 Å². The number of rotatable bonds is 2. The van der Waals surface area contributed by atoms with Crippen molar-refractivity contribution in [2.24, 2.45) is 17.3 Å². The maximum absolute atomic E-state index is 14.0. The van der Waals surface area contributed by atoms with E-state index >= 15 is 0 Å². The van der Waals surface area contributed by atoms with Crippen molar-refractivity contribution >= 4 is 11.6 Å². The number of likely N-dealkylation sites (tertiary alicyclic amines) is 1. The van der Waals surface area contributed by atoms with Crippen LogP contribution in [-0.4, -0.2) is 37.0 Å². The largest absolute Gasteiger partial charge is 0.311 e. The third-order valence-corrected chi connectivity index (χ3v) is 8.46. The molecule has 3 aliphatic carbocycles. The molecule has 28 heavy (non-hydrogen) atoms. The van der Waals surface area contributed by atoms with Gasteiger partial charge in [-0.15, -0.1) is 0 Å². The van der Waals surface area contributed by atoms with Crippen LogP contribution in [0.25, 0.3) is 0 Å². The number of hydrogen-bond donors (Lipinski definition) is 0. The molecule has 1 aromatic carbocycles. The van der Waals surface area contributed by atoms with Gasteiger partial charge >= 0.3 is 0 Å². The Morgan fingerprint density at radius 2 is 2.04 bits per heavy atom. The first-order chi connectivity index (χ1) is 13.3. The second kappa shape index (κ2) is 6.16. The molecule has 2 aliphatic heterocycles. The quantitative estimate of drug-likeness (QED) is 0.686. The summed E-state index contributed by atoms with van der Waals surface area (Å²) in [7, 11) is 0. The zero-order valence-corrected chi connectivity index (χ0v) is 17.3. The second-order valence-corrected chi connectivity index (χ2v) is 10.1. The van der Waals surface area contributed by atoms with E-state index in [1.54, 1.807) is 24.6 Å². The Morgan fingerprint density at radius 1 is 1.29 bits per heavy atom. The maximum atomic E-state index is 14.0. The lowest BCUT2D eigenvalue weighted by Crippen LogP contribution is -2.51. The second-order valence-electron chi connectivity index (χ2n) is 10.1. The van der Waals surface area contributed by atoms with Crippen LogP contribution in [0.2, 0.25) is 0 Å². The average Bonchev–Trinajstić information content (AvgIpc) is 2.98. The first-order valence-corrected chi connectivity index (χ1v) is 10.8. The summed E-state index contributed by atoms with van der Waals surface area (Å²) in [5, 5.41) is 0. The summed E-state index contributed by atoms with van der Waals surface area (Å²) in [6.45, 7) is 10.3. The fourth-order valence-corrected chi connectivity index (χ4v) is 6.40. The number of carbonyl (C=O) groups excluding carboxylic acids is 1. The van der Waals surface area contributed by atoms with Crippen LogP contribution in [0.4, 0.5) is 10.1 Å². The summed E-state index contributed by atoms with van der Waals surface area (Å²) in [5.41, 5.74) is 4.00. The summed E-state index contributed by atoms with van der Waals surface area (Å²) in [4.78, 5) is 16.6. The number of halogens is 1. The highest BCUT2D eigenvalue weighted by molar-refractivity contribution is 5.94. The molecule has 1 aromatic rings. The van der Waals surface area contributed by atoms with E-state index in [9.17, 15) is 9.18 Å². The molecule has 5 aliphatic rings. The van der Waals surface area contributed by atoms with Crippen LogP contribution in [0, 0.1) is 23.1 Å². The van der Waals surface area contributed by atoms with E-state index in [-0.39, 0.29) is 18.6 Å². The van der Waals surface area contributed by atoms with E-state index in [1.807, 2.05) is 4.90 Å². The van der Waals surface area contributed by atoms with E-state index in [1.165, 1.54) is 18.9 Å². The Kier molecular flexibility index (Phi) is 4.04. The van der Waals surface area contributed by atoms with Gasteiger partial charge in [-0.3, -0.25) is 9.69 Å². The minimum atomic E-state index is -0.194. The number of fused-ring (bicyclic) bond motifs is 3. The van der Waals surface area contributed by atoms with Crippen molar-refractivity contribution in [1.82, 2.24) is 4.90 Å². The third-order valence-electron chi connectivity index (χ3n) is 8.46. The molecule has 152 valence electrons. The normalized spacial score (nSPS) is 30.0. The van der Waals surface area contributed by atoms with Crippen LogP contribution >= 0.6 is 0 Å². The predicted octanol–water partition coefficient (Wildman–Crippen LogP) is 4.76. The Morgan fingerprint density at radius 3 is 2.68 bits per heavy atom. The molecule has 3 nitrogen and oxygen atoms in total. The molecule has 0 radical (unpaired) electrons. The van der Waals surface area contributed by atoms with Gasteiger partial charge in [0.2, 0.25) is 5.91 Å². The van der Waals surface area contributed by atoms with Crippen LogP contribution in [0.15, 0.2) is 29.8 Å². The number of nitrogens with zero attached hydrogens (tertiary/aromatic N) is 2. The SMILES string of the molecule is CC(=O)N1CC2(CCN(CC3=CCC4C[C@@H]3C4(C)C)CC2)c2cc(F)ccc21.[HH]. The molecule has 0 N–H and O–H groups in total. The minimum Gasteiger partial charge on any atom is -0.311 e. The molecule has 0 aromatic heterocycles. The van der Waals surface area contributed by atoms with Gasteiger partial charge in [-0.2, -0.15) is 0 Å². The van der Waals surface area contributed by atoms with Crippen LogP contribution < -0.4 is 4.90 Å². The molecule has 2 bridgehead atoms. The lowest BCUT2D eigenvalue weighted by atomic mass is 9.49. The summed E-state index contributed by atoms with van der Waals surface area (Å²) >= 11 is 0. The van der Waals surface area contributed by atoms with Gasteiger partial charge < -0.3 is 4.90 Å². The zero-order valence-electron chi connectivity index (χ0n) is 17.3. The molecule has 1 saturated carbocycles. The topological polar surface area (TPSA) is 23.6 Å². The minimum absolute atomic E-state index is 0. The average molecular weight is 385 g/mol. The Balaban J connectivity index is 0.00000205. The van der Waals surface area contributed by atoms with E-state index in [2.05, 4.69) is 24.8 Å². The molecule has 2 atom stereocenters. The van der Waals surface area contributed by atoms with E-state index < -0.39 is 0 Å². The molecule has 2 heterocycles. The lowest BCUT2D eigenvalue weighted by molar-refractivity contribution is -0.116. The summed E-state index contributed by atoms with van der Waals surface area (Å²) in [6.07, 6.45) is 7.12. The third kappa shape index (κ3) is 2.60. The number of amides is 1. The van der Waals surface area contributed by atoms with E-state index in [0.29, 0.717) is 12.0 Å². The fourth-order valence-electron chi connectivity index (χ4n) is 6.40. The smallest absolute Gasteiger partial charge is 0.223 e. The first kappa shape index (κ1) is 18.4. The maximum Gasteiger partial charge on any atom is 0.223 e. The molecular formula is C24H33FN2O. The molecule has 6 rings (SSSR count).